The number of halogens is 1. The maximum atomic E-state index is 13.1. The predicted octanol–water partition coefficient (Wildman–Crippen LogP) is 3.36. The second kappa shape index (κ2) is 5.08. The highest BCUT2D eigenvalue weighted by molar-refractivity contribution is 9.10. The fourth-order valence-corrected chi connectivity index (χ4v) is 5.90. The molecule has 0 heterocycles. The van der Waals surface area contributed by atoms with Crippen LogP contribution in [0.5, 0.6) is 0 Å². The topological polar surface area (TPSA) is 61.2 Å². The SMILES string of the molecule is Cc1ccc(Br)c(S(=O)(=O)N(C2CC2)C2(C#N)CCC2)c1. The standard InChI is InChI=1S/C15H17BrN2O2S/c1-11-3-6-13(16)14(9-11)21(19,20)18(12-4-5-12)15(10-17)7-2-8-15/h3,6,9,12H,2,4-5,7-8H2,1H3. The molecule has 6 heteroatoms. The van der Waals surface area contributed by atoms with Crippen LogP contribution in [-0.4, -0.2) is 24.3 Å². The van der Waals surface area contributed by atoms with Crippen LogP contribution < -0.4 is 0 Å². The molecule has 0 amide bonds. The van der Waals surface area contributed by atoms with Crippen molar-refractivity contribution in [3.8, 4) is 6.07 Å². The summed E-state index contributed by atoms with van der Waals surface area (Å²) in [5, 5.41) is 9.55. The normalized spacial score (nSPS) is 20.9. The van der Waals surface area contributed by atoms with Crippen molar-refractivity contribution in [1.29, 1.82) is 5.26 Å². The van der Waals surface area contributed by atoms with Crippen molar-refractivity contribution in [2.24, 2.45) is 0 Å². The van der Waals surface area contributed by atoms with Gasteiger partial charge in [-0.3, -0.25) is 0 Å². The van der Waals surface area contributed by atoms with Crippen molar-refractivity contribution in [1.82, 2.24) is 4.31 Å². The summed E-state index contributed by atoms with van der Waals surface area (Å²) >= 11 is 3.34. The molecule has 0 saturated heterocycles. The molecule has 0 atom stereocenters. The molecule has 2 aliphatic carbocycles. The van der Waals surface area contributed by atoms with E-state index < -0.39 is 15.6 Å². The molecular formula is C15H17BrN2O2S. The fraction of sp³-hybridized carbons (Fsp3) is 0.533. The molecule has 0 radical (unpaired) electrons. The number of hydrogen-bond acceptors (Lipinski definition) is 3. The summed E-state index contributed by atoms with van der Waals surface area (Å²) in [5.74, 6) is 0. The summed E-state index contributed by atoms with van der Waals surface area (Å²) in [5.41, 5.74) is 0.0653. The Balaban J connectivity index is 2.10. The number of aryl methyl sites for hydroxylation is 1. The molecule has 0 unspecified atom stereocenters. The molecule has 0 aromatic heterocycles. The zero-order valence-corrected chi connectivity index (χ0v) is 14.2. The Hall–Kier alpha value is -0.900. The summed E-state index contributed by atoms with van der Waals surface area (Å²) in [7, 11) is -3.66. The number of nitrogens with zero attached hydrogens (tertiary/aromatic N) is 2. The van der Waals surface area contributed by atoms with Gasteiger partial charge in [-0.25, -0.2) is 8.42 Å². The third kappa shape index (κ3) is 2.41. The number of rotatable bonds is 4. The Morgan fingerprint density at radius 2 is 2.05 bits per heavy atom. The van der Waals surface area contributed by atoms with Gasteiger partial charge in [0, 0.05) is 10.5 Å². The first-order chi connectivity index (χ1) is 9.90. The first-order valence-electron chi connectivity index (χ1n) is 7.13. The lowest BCUT2D eigenvalue weighted by molar-refractivity contribution is 0.140. The number of sulfonamides is 1. The number of benzene rings is 1. The van der Waals surface area contributed by atoms with Gasteiger partial charge in [-0.05, 0) is 72.7 Å². The average Bonchev–Trinajstić information content (AvgIpc) is 3.20. The fourth-order valence-electron chi connectivity index (χ4n) is 2.89. The first kappa shape index (κ1) is 15.0. The Kier molecular flexibility index (Phi) is 3.63. The summed E-state index contributed by atoms with van der Waals surface area (Å²) < 4.78 is 28.3. The quantitative estimate of drug-likeness (QED) is 0.818. The van der Waals surface area contributed by atoms with Gasteiger partial charge in [0.15, 0.2) is 0 Å². The van der Waals surface area contributed by atoms with Crippen molar-refractivity contribution < 1.29 is 8.42 Å². The molecule has 0 bridgehead atoms. The molecule has 3 rings (SSSR count). The second-order valence-electron chi connectivity index (χ2n) is 5.96. The Bertz CT molecular complexity index is 716. The van der Waals surface area contributed by atoms with E-state index in [1.54, 1.807) is 12.1 Å². The number of nitriles is 1. The highest BCUT2D eigenvalue weighted by Crippen LogP contribution is 2.47. The van der Waals surface area contributed by atoms with Crippen LogP contribution in [0.1, 0.15) is 37.7 Å². The second-order valence-corrected chi connectivity index (χ2v) is 8.60. The van der Waals surface area contributed by atoms with E-state index in [2.05, 4.69) is 22.0 Å². The minimum absolute atomic E-state index is 0.0117. The molecule has 2 fully saturated rings. The molecular weight excluding hydrogens is 352 g/mol. The lowest BCUT2D eigenvalue weighted by Crippen LogP contribution is -2.56. The van der Waals surface area contributed by atoms with Gasteiger partial charge in [-0.15, -0.1) is 0 Å². The third-order valence-electron chi connectivity index (χ3n) is 4.31. The van der Waals surface area contributed by atoms with E-state index in [0.717, 1.165) is 24.8 Å². The Morgan fingerprint density at radius 1 is 1.38 bits per heavy atom. The highest BCUT2D eigenvalue weighted by Gasteiger charge is 2.54. The molecule has 0 N–H and O–H groups in total. The molecule has 21 heavy (non-hydrogen) atoms. The Labute approximate surface area is 133 Å². The van der Waals surface area contributed by atoms with Crippen LogP contribution in [0.2, 0.25) is 0 Å². The van der Waals surface area contributed by atoms with Crippen LogP contribution in [0.25, 0.3) is 0 Å². The minimum Gasteiger partial charge on any atom is -0.207 e. The zero-order chi connectivity index (χ0) is 15.3. The molecule has 2 aliphatic rings. The van der Waals surface area contributed by atoms with Crippen molar-refractivity contribution in [3.63, 3.8) is 0 Å². The summed E-state index contributed by atoms with van der Waals surface area (Å²) in [4.78, 5) is 0.274. The van der Waals surface area contributed by atoms with Crippen LogP contribution in [0, 0.1) is 18.3 Å². The van der Waals surface area contributed by atoms with Crippen LogP contribution in [0.15, 0.2) is 27.6 Å². The smallest absolute Gasteiger partial charge is 0.207 e. The van der Waals surface area contributed by atoms with E-state index >= 15 is 0 Å². The van der Waals surface area contributed by atoms with E-state index in [1.165, 1.54) is 4.31 Å². The zero-order valence-electron chi connectivity index (χ0n) is 11.8. The largest absolute Gasteiger partial charge is 0.245 e. The van der Waals surface area contributed by atoms with E-state index in [-0.39, 0.29) is 10.9 Å². The minimum atomic E-state index is -3.66. The van der Waals surface area contributed by atoms with Gasteiger partial charge in [-0.2, -0.15) is 9.57 Å². The molecule has 2 saturated carbocycles. The average molecular weight is 369 g/mol. The molecule has 112 valence electrons. The van der Waals surface area contributed by atoms with Gasteiger partial charge in [0.05, 0.1) is 11.0 Å². The molecule has 1 aromatic carbocycles. The predicted molar refractivity (Wildman–Crippen MR) is 83.1 cm³/mol. The van der Waals surface area contributed by atoms with Gasteiger partial charge in [0.1, 0.15) is 5.54 Å². The summed E-state index contributed by atoms with van der Waals surface area (Å²) in [6.45, 7) is 1.87. The van der Waals surface area contributed by atoms with Gasteiger partial charge in [-0.1, -0.05) is 6.07 Å². The summed E-state index contributed by atoms with van der Waals surface area (Å²) in [6, 6.07) is 7.57. The van der Waals surface area contributed by atoms with Crippen LogP contribution in [0.4, 0.5) is 0 Å². The van der Waals surface area contributed by atoms with E-state index in [9.17, 15) is 13.7 Å². The third-order valence-corrected chi connectivity index (χ3v) is 7.33. The maximum absolute atomic E-state index is 13.1. The van der Waals surface area contributed by atoms with Crippen LogP contribution in [0.3, 0.4) is 0 Å². The Morgan fingerprint density at radius 3 is 2.52 bits per heavy atom. The monoisotopic (exact) mass is 368 g/mol. The first-order valence-corrected chi connectivity index (χ1v) is 9.36. The molecule has 4 nitrogen and oxygen atoms in total. The number of hydrogen-bond donors (Lipinski definition) is 0. The molecule has 0 spiro atoms. The van der Waals surface area contributed by atoms with Crippen LogP contribution in [-0.2, 0) is 10.0 Å². The van der Waals surface area contributed by atoms with Crippen molar-refractivity contribution >= 4 is 26.0 Å². The van der Waals surface area contributed by atoms with Crippen molar-refractivity contribution in [2.75, 3.05) is 0 Å². The van der Waals surface area contributed by atoms with Gasteiger partial charge in [0.25, 0.3) is 0 Å². The molecule has 1 aromatic rings. The summed E-state index contributed by atoms with van der Waals surface area (Å²) in [6.07, 6.45) is 3.91. The van der Waals surface area contributed by atoms with Crippen molar-refractivity contribution in [2.45, 2.75) is 55.5 Å². The lowest BCUT2D eigenvalue weighted by Gasteiger charge is -2.44. The van der Waals surface area contributed by atoms with Gasteiger partial charge >= 0.3 is 0 Å². The van der Waals surface area contributed by atoms with Gasteiger partial charge < -0.3 is 0 Å². The van der Waals surface area contributed by atoms with Crippen molar-refractivity contribution in [3.05, 3.63) is 28.2 Å². The van der Waals surface area contributed by atoms with Gasteiger partial charge in [0.2, 0.25) is 10.0 Å². The lowest BCUT2D eigenvalue weighted by atomic mass is 9.78. The highest BCUT2D eigenvalue weighted by atomic mass is 79.9. The van der Waals surface area contributed by atoms with E-state index in [1.807, 2.05) is 13.0 Å². The molecule has 0 aliphatic heterocycles. The van der Waals surface area contributed by atoms with Crippen LogP contribution >= 0.6 is 15.9 Å². The van der Waals surface area contributed by atoms with E-state index in [4.69, 9.17) is 0 Å². The maximum Gasteiger partial charge on any atom is 0.245 e. The van der Waals surface area contributed by atoms with E-state index in [0.29, 0.717) is 17.3 Å².